The fraction of sp³-hybridized carbons (Fsp3) is 0.571. The van der Waals surface area contributed by atoms with Crippen molar-refractivity contribution in [2.75, 3.05) is 11.9 Å². The molecule has 0 aromatic carbocycles. The highest BCUT2D eigenvalue weighted by molar-refractivity contribution is 5.20. The SMILES string of the molecule is Cn1cnc(CCNc2nnnn2C)n1. The lowest BCUT2D eigenvalue weighted by atomic mass is 10.4. The van der Waals surface area contributed by atoms with Gasteiger partial charge < -0.3 is 5.32 Å². The van der Waals surface area contributed by atoms with E-state index in [0.717, 1.165) is 12.2 Å². The van der Waals surface area contributed by atoms with Crippen LogP contribution in [0.4, 0.5) is 5.95 Å². The van der Waals surface area contributed by atoms with E-state index in [1.807, 2.05) is 7.05 Å². The first-order chi connectivity index (χ1) is 7.25. The number of aryl methyl sites for hydroxylation is 2. The van der Waals surface area contributed by atoms with E-state index in [9.17, 15) is 0 Å². The molecule has 2 aromatic rings. The third-order valence-electron chi connectivity index (χ3n) is 1.90. The number of nitrogens with one attached hydrogen (secondary N) is 1. The van der Waals surface area contributed by atoms with Crippen LogP contribution < -0.4 is 5.32 Å². The number of rotatable bonds is 4. The van der Waals surface area contributed by atoms with Gasteiger partial charge in [0, 0.05) is 27.1 Å². The third-order valence-corrected chi connectivity index (χ3v) is 1.90. The summed E-state index contributed by atoms with van der Waals surface area (Å²) in [5.74, 6) is 1.45. The van der Waals surface area contributed by atoms with Gasteiger partial charge in [-0.15, -0.1) is 0 Å². The summed E-state index contributed by atoms with van der Waals surface area (Å²) in [6, 6.07) is 0. The summed E-state index contributed by atoms with van der Waals surface area (Å²) >= 11 is 0. The Bertz CT molecular complexity index is 430. The molecule has 2 aromatic heterocycles. The molecule has 0 saturated heterocycles. The second-order valence-corrected chi connectivity index (χ2v) is 3.14. The monoisotopic (exact) mass is 208 g/mol. The standard InChI is InChI=1S/C7H12N8/c1-14-5-9-6(11-14)3-4-8-7-10-12-13-15(7)2/h5H,3-4H2,1-2H3,(H,8,10,13). The Morgan fingerprint density at radius 3 is 2.87 bits per heavy atom. The number of hydrogen-bond donors (Lipinski definition) is 1. The van der Waals surface area contributed by atoms with Gasteiger partial charge in [-0.1, -0.05) is 5.10 Å². The normalized spacial score (nSPS) is 10.5. The van der Waals surface area contributed by atoms with Crippen molar-refractivity contribution in [1.29, 1.82) is 0 Å². The van der Waals surface area contributed by atoms with Gasteiger partial charge in [0.1, 0.15) is 6.33 Å². The average molecular weight is 208 g/mol. The molecule has 0 unspecified atom stereocenters. The number of anilines is 1. The molecule has 0 amide bonds. The van der Waals surface area contributed by atoms with Gasteiger partial charge in [0.2, 0.25) is 5.95 Å². The van der Waals surface area contributed by atoms with Crippen molar-refractivity contribution in [2.45, 2.75) is 6.42 Å². The summed E-state index contributed by atoms with van der Waals surface area (Å²) in [6.07, 6.45) is 2.42. The molecule has 0 fully saturated rings. The van der Waals surface area contributed by atoms with Crippen LogP contribution in [-0.2, 0) is 20.5 Å². The average Bonchev–Trinajstić information content (AvgIpc) is 2.77. The molecule has 0 saturated carbocycles. The first-order valence-electron chi connectivity index (χ1n) is 4.56. The van der Waals surface area contributed by atoms with Gasteiger partial charge in [0.15, 0.2) is 5.82 Å². The molecule has 8 heteroatoms. The molecular formula is C7H12N8. The minimum Gasteiger partial charge on any atom is -0.353 e. The van der Waals surface area contributed by atoms with Crippen molar-refractivity contribution < 1.29 is 0 Å². The zero-order valence-corrected chi connectivity index (χ0v) is 8.62. The van der Waals surface area contributed by atoms with Crippen LogP contribution in [0.2, 0.25) is 0 Å². The molecule has 0 aliphatic rings. The van der Waals surface area contributed by atoms with E-state index < -0.39 is 0 Å². The van der Waals surface area contributed by atoms with E-state index in [1.54, 1.807) is 22.7 Å². The van der Waals surface area contributed by atoms with Crippen LogP contribution in [0.25, 0.3) is 0 Å². The lowest BCUT2D eigenvalue weighted by molar-refractivity contribution is 0.710. The molecule has 0 spiro atoms. The Morgan fingerprint density at radius 1 is 1.40 bits per heavy atom. The van der Waals surface area contributed by atoms with E-state index in [1.165, 1.54) is 0 Å². The molecule has 0 bridgehead atoms. The van der Waals surface area contributed by atoms with E-state index in [2.05, 4.69) is 30.9 Å². The van der Waals surface area contributed by atoms with E-state index in [0.29, 0.717) is 12.5 Å². The van der Waals surface area contributed by atoms with Gasteiger partial charge in [-0.05, 0) is 10.4 Å². The highest BCUT2D eigenvalue weighted by Crippen LogP contribution is 1.96. The van der Waals surface area contributed by atoms with Gasteiger partial charge in [-0.3, -0.25) is 4.68 Å². The maximum Gasteiger partial charge on any atom is 0.242 e. The Kier molecular flexibility index (Phi) is 2.57. The number of aromatic nitrogens is 7. The second-order valence-electron chi connectivity index (χ2n) is 3.14. The number of tetrazole rings is 1. The molecule has 2 heterocycles. The summed E-state index contributed by atoms with van der Waals surface area (Å²) in [4.78, 5) is 4.11. The first kappa shape index (κ1) is 9.56. The van der Waals surface area contributed by atoms with Gasteiger partial charge in [0.25, 0.3) is 0 Å². The Morgan fingerprint density at radius 2 is 2.27 bits per heavy atom. The molecule has 15 heavy (non-hydrogen) atoms. The number of nitrogens with zero attached hydrogens (tertiary/aromatic N) is 7. The van der Waals surface area contributed by atoms with Gasteiger partial charge in [-0.25, -0.2) is 9.67 Å². The van der Waals surface area contributed by atoms with Crippen molar-refractivity contribution in [3.8, 4) is 0 Å². The molecule has 0 atom stereocenters. The summed E-state index contributed by atoms with van der Waals surface area (Å²) < 4.78 is 3.26. The summed E-state index contributed by atoms with van der Waals surface area (Å²) in [5.41, 5.74) is 0. The second kappa shape index (κ2) is 4.03. The van der Waals surface area contributed by atoms with Gasteiger partial charge in [-0.2, -0.15) is 5.10 Å². The van der Waals surface area contributed by atoms with Crippen molar-refractivity contribution in [3.05, 3.63) is 12.2 Å². The van der Waals surface area contributed by atoms with Crippen LogP contribution in [0.5, 0.6) is 0 Å². The highest BCUT2D eigenvalue weighted by atomic mass is 15.6. The fourth-order valence-corrected chi connectivity index (χ4v) is 1.16. The van der Waals surface area contributed by atoms with E-state index in [4.69, 9.17) is 0 Å². The van der Waals surface area contributed by atoms with Crippen LogP contribution in [0.15, 0.2) is 6.33 Å². The van der Waals surface area contributed by atoms with Gasteiger partial charge in [0.05, 0.1) is 0 Å². The highest BCUT2D eigenvalue weighted by Gasteiger charge is 2.02. The molecule has 0 aliphatic carbocycles. The van der Waals surface area contributed by atoms with E-state index in [-0.39, 0.29) is 0 Å². The smallest absolute Gasteiger partial charge is 0.242 e. The maximum absolute atomic E-state index is 4.16. The third kappa shape index (κ3) is 2.27. The predicted octanol–water partition coefficient (Wildman–Crippen LogP) is -1.01. The van der Waals surface area contributed by atoms with Crippen LogP contribution in [-0.4, -0.2) is 41.5 Å². The zero-order valence-electron chi connectivity index (χ0n) is 8.62. The lowest BCUT2D eigenvalue weighted by Gasteiger charge is -2.00. The lowest BCUT2D eigenvalue weighted by Crippen LogP contribution is -2.10. The Balaban J connectivity index is 1.83. The summed E-state index contributed by atoms with van der Waals surface area (Å²) in [7, 11) is 3.62. The molecular weight excluding hydrogens is 196 g/mol. The Hall–Kier alpha value is -1.99. The maximum atomic E-state index is 4.16. The van der Waals surface area contributed by atoms with Crippen molar-refractivity contribution in [2.24, 2.45) is 14.1 Å². The molecule has 80 valence electrons. The fourth-order valence-electron chi connectivity index (χ4n) is 1.16. The van der Waals surface area contributed by atoms with Crippen LogP contribution >= 0.6 is 0 Å². The predicted molar refractivity (Wildman–Crippen MR) is 52.0 cm³/mol. The largest absolute Gasteiger partial charge is 0.353 e. The topological polar surface area (TPSA) is 86.3 Å². The zero-order chi connectivity index (χ0) is 10.7. The Labute approximate surface area is 86.3 Å². The van der Waals surface area contributed by atoms with Crippen molar-refractivity contribution in [1.82, 2.24) is 35.0 Å². The van der Waals surface area contributed by atoms with Crippen LogP contribution in [0.3, 0.4) is 0 Å². The van der Waals surface area contributed by atoms with Crippen molar-refractivity contribution in [3.63, 3.8) is 0 Å². The molecule has 1 N–H and O–H groups in total. The first-order valence-corrected chi connectivity index (χ1v) is 4.56. The molecule has 0 aliphatic heterocycles. The minimum atomic E-state index is 0.644. The molecule has 2 rings (SSSR count). The molecule has 8 nitrogen and oxygen atoms in total. The van der Waals surface area contributed by atoms with Crippen LogP contribution in [0.1, 0.15) is 5.82 Å². The quantitative estimate of drug-likeness (QED) is 0.693. The van der Waals surface area contributed by atoms with E-state index >= 15 is 0 Å². The number of hydrogen-bond acceptors (Lipinski definition) is 6. The van der Waals surface area contributed by atoms with Crippen molar-refractivity contribution >= 4 is 5.95 Å². The van der Waals surface area contributed by atoms with Crippen LogP contribution in [0, 0.1) is 0 Å². The molecule has 0 radical (unpaired) electrons. The summed E-state index contributed by atoms with van der Waals surface area (Å²) in [6.45, 7) is 0.707. The summed E-state index contributed by atoms with van der Waals surface area (Å²) in [5, 5.41) is 18.3. The minimum absolute atomic E-state index is 0.644. The van der Waals surface area contributed by atoms with Gasteiger partial charge >= 0.3 is 0 Å².